The van der Waals surface area contributed by atoms with Crippen molar-refractivity contribution in [3.8, 4) is 17.5 Å². The van der Waals surface area contributed by atoms with Gasteiger partial charge in [0.05, 0.1) is 22.6 Å². The minimum Gasteiger partial charge on any atom is -0.381 e. The van der Waals surface area contributed by atoms with Gasteiger partial charge in [0.15, 0.2) is 10.8 Å². The Morgan fingerprint density at radius 2 is 1.98 bits per heavy atom. The third-order valence-corrected chi connectivity index (χ3v) is 7.06. The highest BCUT2D eigenvalue weighted by molar-refractivity contribution is 7.11. The van der Waals surface area contributed by atoms with Crippen molar-refractivity contribution in [1.82, 2.24) is 34.8 Å². The highest BCUT2D eigenvalue weighted by atomic mass is 32.1. The van der Waals surface area contributed by atoms with E-state index in [9.17, 15) is 9.59 Å². The number of fused-ring (bicyclic) bond motifs is 2. The molecule has 40 heavy (non-hydrogen) atoms. The van der Waals surface area contributed by atoms with Crippen molar-refractivity contribution >= 4 is 46.0 Å². The van der Waals surface area contributed by atoms with Crippen molar-refractivity contribution < 1.29 is 4.79 Å². The van der Waals surface area contributed by atoms with E-state index < -0.39 is 11.9 Å². The summed E-state index contributed by atoms with van der Waals surface area (Å²) in [6.07, 6.45) is 3.61. The normalized spacial score (nSPS) is 12.8. The molecule has 1 aliphatic rings. The van der Waals surface area contributed by atoms with Crippen molar-refractivity contribution in [2.24, 2.45) is 0 Å². The Morgan fingerprint density at radius 3 is 2.75 bits per heavy atom. The summed E-state index contributed by atoms with van der Waals surface area (Å²) in [4.78, 5) is 32.4. The standard InChI is InChI=1S/C28H23N9O2S/c1-16(31-27(38)23-24(29)35-36-15-7-14-30-26(23)36)25-32-20-11-6-8-18(12-13-21-34-33-17(2)40-21)22(20)28(39)37(25)19-9-4-3-5-10-19/h3-11,15-16,30H,14H2,1-2H3,(H2,29,35)(H,31,38). The zero-order chi connectivity index (χ0) is 27.8. The third kappa shape index (κ3) is 4.48. The lowest BCUT2D eigenvalue weighted by molar-refractivity contribution is 0.0939. The number of aryl methyl sites for hydroxylation is 1. The second-order valence-corrected chi connectivity index (χ2v) is 10.2. The summed E-state index contributed by atoms with van der Waals surface area (Å²) in [5, 5.41) is 20.1. The fraction of sp³-hybridized carbons (Fsp3) is 0.143. The van der Waals surface area contributed by atoms with Gasteiger partial charge in [-0.2, -0.15) is 0 Å². The van der Waals surface area contributed by atoms with Crippen LogP contribution in [0, 0.1) is 18.8 Å². The maximum Gasteiger partial charge on any atom is 0.267 e. The van der Waals surface area contributed by atoms with Crippen molar-refractivity contribution in [1.29, 1.82) is 0 Å². The van der Waals surface area contributed by atoms with E-state index in [4.69, 9.17) is 10.7 Å². The molecular formula is C28H23N9O2S. The molecule has 1 atom stereocenters. The van der Waals surface area contributed by atoms with Crippen LogP contribution in [0.5, 0.6) is 0 Å². The maximum atomic E-state index is 14.1. The van der Waals surface area contributed by atoms with E-state index in [1.165, 1.54) is 20.6 Å². The molecule has 3 aromatic heterocycles. The largest absolute Gasteiger partial charge is 0.381 e. The molecule has 198 valence electrons. The van der Waals surface area contributed by atoms with Crippen LogP contribution in [0.25, 0.3) is 22.8 Å². The maximum absolute atomic E-state index is 14.1. The number of nitrogen functional groups attached to an aromatic ring is 1. The van der Waals surface area contributed by atoms with Gasteiger partial charge in [-0.05, 0) is 50.1 Å². The number of carbonyl (C=O) groups excluding carboxylic acids is 1. The number of benzene rings is 2. The van der Waals surface area contributed by atoms with Crippen LogP contribution in [0.15, 0.2) is 59.4 Å². The second kappa shape index (κ2) is 10.1. The van der Waals surface area contributed by atoms with Crippen LogP contribution in [-0.2, 0) is 0 Å². The number of hydrogen-bond acceptors (Lipinski definition) is 9. The number of hydrogen-bond donors (Lipinski definition) is 3. The van der Waals surface area contributed by atoms with Crippen molar-refractivity contribution in [3.63, 3.8) is 0 Å². The minimum absolute atomic E-state index is 0.0968. The average molecular weight is 550 g/mol. The molecule has 6 rings (SSSR count). The van der Waals surface area contributed by atoms with Gasteiger partial charge in [-0.1, -0.05) is 41.5 Å². The summed E-state index contributed by atoms with van der Waals surface area (Å²) >= 11 is 1.38. The zero-order valence-corrected chi connectivity index (χ0v) is 22.4. The summed E-state index contributed by atoms with van der Waals surface area (Å²) in [6, 6.07) is 13.8. The number of carbonyl (C=O) groups is 1. The topological polar surface area (TPSA) is 146 Å². The van der Waals surface area contributed by atoms with Gasteiger partial charge in [-0.25, -0.2) is 9.67 Å². The van der Waals surface area contributed by atoms with Crippen LogP contribution in [0.3, 0.4) is 0 Å². The molecule has 12 heteroatoms. The first-order valence-electron chi connectivity index (χ1n) is 12.4. The summed E-state index contributed by atoms with van der Waals surface area (Å²) in [5.74, 6) is 6.59. The molecule has 0 bridgehead atoms. The quantitative estimate of drug-likeness (QED) is 0.290. The number of nitrogens with one attached hydrogen (secondary N) is 2. The molecule has 11 nitrogen and oxygen atoms in total. The van der Waals surface area contributed by atoms with E-state index in [-0.39, 0.29) is 16.9 Å². The lowest BCUT2D eigenvalue weighted by Crippen LogP contribution is -2.34. The SMILES string of the molecule is Cc1nnc(C#Cc2cccc3nc(C(C)NC(=O)c4c(N)nn5c4NCC=C5)n(-c4ccccc4)c(=O)c23)s1. The van der Waals surface area contributed by atoms with Gasteiger partial charge < -0.3 is 16.4 Å². The molecule has 0 fully saturated rings. The van der Waals surface area contributed by atoms with E-state index in [0.717, 1.165) is 5.01 Å². The second-order valence-electron chi connectivity index (χ2n) is 9.04. The molecule has 2 aromatic carbocycles. The van der Waals surface area contributed by atoms with Crippen LogP contribution in [0.4, 0.5) is 11.6 Å². The lowest BCUT2D eigenvalue weighted by Gasteiger charge is -2.20. The Kier molecular flexibility index (Phi) is 6.33. The number of amides is 1. The third-order valence-electron chi connectivity index (χ3n) is 6.30. The Morgan fingerprint density at radius 1 is 1.15 bits per heavy atom. The predicted molar refractivity (Wildman–Crippen MR) is 154 cm³/mol. The van der Waals surface area contributed by atoms with E-state index >= 15 is 0 Å². The van der Waals surface area contributed by atoms with Crippen LogP contribution in [0.1, 0.15) is 44.7 Å². The van der Waals surface area contributed by atoms with Crippen LogP contribution in [-0.4, -0.2) is 42.0 Å². The molecule has 0 aliphatic carbocycles. The molecule has 4 heterocycles. The average Bonchev–Trinajstić information content (AvgIpc) is 3.53. The van der Waals surface area contributed by atoms with Crippen LogP contribution in [0.2, 0.25) is 0 Å². The fourth-order valence-electron chi connectivity index (χ4n) is 4.53. The van der Waals surface area contributed by atoms with Gasteiger partial charge in [0.25, 0.3) is 11.5 Å². The highest BCUT2D eigenvalue weighted by Crippen LogP contribution is 2.26. The van der Waals surface area contributed by atoms with Crippen molar-refractivity contribution in [3.05, 3.63) is 91.9 Å². The summed E-state index contributed by atoms with van der Waals surface area (Å²) in [7, 11) is 0. The minimum atomic E-state index is -0.669. The first-order valence-corrected chi connectivity index (χ1v) is 13.2. The first-order chi connectivity index (χ1) is 19.4. The van der Waals surface area contributed by atoms with Crippen molar-refractivity contribution in [2.45, 2.75) is 19.9 Å². The Hall–Kier alpha value is -5.28. The molecule has 0 saturated heterocycles. The Bertz CT molecular complexity index is 1930. The number of nitrogens with zero attached hydrogens (tertiary/aromatic N) is 6. The predicted octanol–water partition coefficient (Wildman–Crippen LogP) is 3.11. The zero-order valence-electron chi connectivity index (χ0n) is 21.5. The Labute approximate surface area is 232 Å². The van der Waals surface area contributed by atoms with Gasteiger partial charge in [0.1, 0.15) is 22.2 Å². The number of aromatic nitrogens is 6. The van der Waals surface area contributed by atoms with Crippen LogP contribution >= 0.6 is 11.3 Å². The molecule has 0 spiro atoms. The molecule has 1 aliphatic heterocycles. The van der Waals surface area contributed by atoms with E-state index in [0.29, 0.717) is 45.3 Å². The number of anilines is 2. The Balaban J connectivity index is 1.46. The van der Waals surface area contributed by atoms with Gasteiger partial charge in [-0.3, -0.25) is 14.2 Å². The van der Waals surface area contributed by atoms with Crippen molar-refractivity contribution in [2.75, 3.05) is 17.6 Å². The molecule has 4 N–H and O–H groups in total. The van der Waals surface area contributed by atoms with Gasteiger partial charge in [0.2, 0.25) is 0 Å². The van der Waals surface area contributed by atoms with Gasteiger partial charge in [0, 0.05) is 18.3 Å². The monoisotopic (exact) mass is 549 g/mol. The fourth-order valence-corrected chi connectivity index (χ4v) is 5.08. The lowest BCUT2D eigenvalue weighted by atomic mass is 10.1. The van der Waals surface area contributed by atoms with Crippen LogP contribution < -0.4 is 21.9 Å². The summed E-state index contributed by atoms with van der Waals surface area (Å²) in [5.41, 5.74) is 7.60. The number of nitrogens with two attached hydrogens (primary N) is 1. The number of rotatable bonds is 4. The molecule has 5 aromatic rings. The molecular weight excluding hydrogens is 526 g/mol. The first kappa shape index (κ1) is 25.0. The summed E-state index contributed by atoms with van der Waals surface area (Å²) < 4.78 is 3.03. The highest BCUT2D eigenvalue weighted by Gasteiger charge is 2.26. The number of para-hydroxylation sites is 1. The molecule has 1 amide bonds. The van der Waals surface area contributed by atoms with E-state index in [1.54, 1.807) is 31.3 Å². The molecule has 0 radical (unpaired) electrons. The summed E-state index contributed by atoms with van der Waals surface area (Å²) in [6.45, 7) is 4.17. The van der Waals surface area contributed by atoms with E-state index in [2.05, 4.69) is 37.8 Å². The molecule has 0 saturated carbocycles. The van der Waals surface area contributed by atoms with E-state index in [1.807, 2.05) is 43.3 Å². The van der Waals surface area contributed by atoms with Gasteiger partial charge in [-0.15, -0.1) is 15.3 Å². The molecule has 1 unspecified atom stereocenters. The van der Waals surface area contributed by atoms with Gasteiger partial charge >= 0.3 is 0 Å². The smallest absolute Gasteiger partial charge is 0.267 e.